The van der Waals surface area contributed by atoms with E-state index in [4.69, 9.17) is 5.11 Å². The van der Waals surface area contributed by atoms with Crippen molar-refractivity contribution in [1.29, 1.82) is 0 Å². The molecule has 19 heavy (non-hydrogen) atoms. The van der Waals surface area contributed by atoms with Gasteiger partial charge in [-0.2, -0.15) is 0 Å². The molecule has 0 aliphatic carbocycles. The quantitative estimate of drug-likeness (QED) is 0.681. The number of hydrogen-bond donors (Lipinski definition) is 1. The highest BCUT2D eigenvalue weighted by Gasteiger charge is 2.13. The predicted molar refractivity (Wildman–Crippen MR) is 74.1 cm³/mol. The van der Waals surface area contributed by atoms with Gasteiger partial charge in [-0.1, -0.05) is 11.8 Å². The molecule has 0 spiro atoms. The third-order valence-electron chi connectivity index (χ3n) is 2.53. The van der Waals surface area contributed by atoms with Gasteiger partial charge in [0.15, 0.2) is 5.16 Å². The molecular weight excluding hydrogens is 334 g/mol. The van der Waals surface area contributed by atoms with Crippen LogP contribution in [-0.2, 0) is 13.7 Å². The highest BCUT2D eigenvalue weighted by atomic mass is 79.9. The molecule has 1 aromatic heterocycles. The molecule has 6 nitrogen and oxygen atoms in total. The van der Waals surface area contributed by atoms with E-state index in [0.717, 1.165) is 4.90 Å². The van der Waals surface area contributed by atoms with E-state index in [1.807, 2.05) is 0 Å². The van der Waals surface area contributed by atoms with Crippen LogP contribution in [0.25, 0.3) is 0 Å². The summed E-state index contributed by atoms with van der Waals surface area (Å²) in [5, 5.41) is 20.5. The maximum absolute atomic E-state index is 10.7. The largest absolute Gasteiger partial charge is 0.390 e. The number of aromatic nitrogens is 2. The fourth-order valence-electron chi connectivity index (χ4n) is 1.45. The SMILES string of the molecule is Cn1c(CO)cnc1Sc1ccc([N+](=O)[O-])cc1Br. The molecule has 1 N–H and O–H groups in total. The van der Waals surface area contributed by atoms with Gasteiger partial charge in [-0.3, -0.25) is 10.1 Å². The molecule has 0 unspecified atom stereocenters. The Morgan fingerprint density at radius 3 is 2.84 bits per heavy atom. The van der Waals surface area contributed by atoms with Crippen LogP contribution in [0.3, 0.4) is 0 Å². The number of rotatable bonds is 4. The van der Waals surface area contributed by atoms with E-state index in [2.05, 4.69) is 20.9 Å². The zero-order chi connectivity index (χ0) is 14.0. The number of nitrogens with zero attached hydrogens (tertiary/aromatic N) is 3. The summed E-state index contributed by atoms with van der Waals surface area (Å²) < 4.78 is 2.42. The van der Waals surface area contributed by atoms with Crippen molar-refractivity contribution in [2.45, 2.75) is 16.7 Å². The van der Waals surface area contributed by atoms with E-state index in [1.54, 1.807) is 23.9 Å². The van der Waals surface area contributed by atoms with Gasteiger partial charge in [0.05, 0.1) is 23.4 Å². The minimum absolute atomic E-state index is 0.0344. The van der Waals surface area contributed by atoms with Crippen LogP contribution in [0.1, 0.15) is 5.69 Å². The molecular formula is C11H10BrN3O3S. The lowest BCUT2D eigenvalue weighted by molar-refractivity contribution is -0.385. The summed E-state index contributed by atoms with van der Waals surface area (Å²) in [7, 11) is 1.81. The Kier molecular flexibility index (Phi) is 4.23. The van der Waals surface area contributed by atoms with Crippen molar-refractivity contribution >= 4 is 33.4 Å². The summed E-state index contributed by atoms with van der Waals surface area (Å²) in [6, 6.07) is 4.57. The summed E-state index contributed by atoms with van der Waals surface area (Å²) in [5.74, 6) is 0. The first kappa shape index (κ1) is 14.0. The van der Waals surface area contributed by atoms with Crippen molar-refractivity contribution in [3.8, 4) is 0 Å². The molecule has 1 heterocycles. The van der Waals surface area contributed by atoms with E-state index in [1.165, 1.54) is 23.9 Å². The van der Waals surface area contributed by atoms with E-state index in [9.17, 15) is 10.1 Å². The lowest BCUT2D eigenvalue weighted by Crippen LogP contribution is -1.97. The maximum atomic E-state index is 10.7. The number of benzene rings is 1. The number of hydrogen-bond acceptors (Lipinski definition) is 5. The molecule has 1 aromatic carbocycles. The Morgan fingerprint density at radius 2 is 2.32 bits per heavy atom. The lowest BCUT2D eigenvalue weighted by Gasteiger charge is -2.05. The van der Waals surface area contributed by atoms with Crippen molar-refractivity contribution in [2.75, 3.05) is 0 Å². The van der Waals surface area contributed by atoms with Gasteiger partial charge in [-0.05, 0) is 22.0 Å². The average Bonchev–Trinajstić information content (AvgIpc) is 2.72. The number of imidazole rings is 1. The Hall–Kier alpha value is -1.38. The molecule has 100 valence electrons. The average molecular weight is 344 g/mol. The molecule has 2 rings (SSSR count). The van der Waals surface area contributed by atoms with Crippen molar-refractivity contribution in [3.63, 3.8) is 0 Å². The van der Waals surface area contributed by atoms with Gasteiger partial charge in [-0.25, -0.2) is 4.98 Å². The van der Waals surface area contributed by atoms with Gasteiger partial charge in [0, 0.05) is 28.5 Å². The van der Waals surface area contributed by atoms with Gasteiger partial charge in [0.25, 0.3) is 5.69 Å². The van der Waals surface area contributed by atoms with Crippen LogP contribution in [0.2, 0.25) is 0 Å². The second kappa shape index (κ2) is 5.72. The summed E-state index contributed by atoms with van der Waals surface area (Å²) in [6.45, 7) is -0.0779. The first-order valence-electron chi connectivity index (χ1n) is 5.26. The monoisotopic (exact) mass is 343 g/mol. The Morgan fingerprint density at radius 1 is 1.58 bits per heavy atom. The van der Waals surface area contributed by atoms with E-state index < -0.39 is 4.92 Å². The molecule has 0 radical (unpaired) electrons. The number of non-ortho nitro benzene ring substituents is 1. The summed E-state index contributed by atoms with van der Waals surface area (Å²) in [4.78, 5) is 15.2. The molecule has 0 saturated heterocycles. The van der Waals surface area contributed by atoms with Gasteiger partial charge < -0.3 is 9.67 Å². The molecule has 0 fully saturated rings. The van der Waals surface area contributed by atoms with Gasteiger partial charge in [-0.15, -0.1) is 0 Å². The van der Waals surface area contributed by atoms with Crippen LogP contribution in [0, 0.1) is 10.1 Å². The minimum atomic E-state index is -0.441. The van der Waals surface area contributed by atoms with Crippen LogP contribution < -0.4 is 0 Å². The minimum Gasteiger partial charge on any atom is -0.390 e. The van der Waals surface area contributed by atoms with E-state index in [0.29, 0.717) is 15.3 Å². The topological polar surface area (TPSA) is 81.2 Å². The highest BCUT2D eigenvalue weighted by Crippen LogP contribution is 2.34. The van der Waals surface area contributed by atoms with Crippen LogP contribution in [0.4, 0.5) is 5.69 Å². The Balaban J connectivity index is 2.28. The zero-order valence-electron chi connectivity index (χ0n) is 9.91. The number of aliphatic hydroxyl groups is 1. The molecule has 0 aliphatic heterocycles. The highest BCUT2D eigenvalue weighted by molar-refractivity contribution is 9.10. The molecule has 8 heteroatoms. The van der Waals surface area contributed by atoms with Gasteiger partial charge in [0.1, 0.15) is 0 Å². The fourth-order valence-corrected chi connectivity index (χ4v) is 2.91. The van der Waals surface area contributed by atoms with Crippen molar-refractivity contribution in [3.05, 3.63) is 44.7 Å². The first-order chi connectivity index (χ1) is 9.02. The predicted octanol–water partition coefficient (Wildman–Crippen LogP) is 2.73. The maximum Gasteiger partial charge on any atom is 0.270 e. The van der Waals surface area contributed by atoms with E-state index >= 15 is 0 Å². The molecule has 0 amide bonds. The summed E-state index contributed by atoms with van der Waals surface area (Å²) in [6.07, 6.45) is 1.60. The van der Waals surface area contributed by atoms with Crippen molar-refractivity contribution in [1.82, 2.24) is 9.55 Å². The summed E-state index contributed by atoms with van der Waals surface area (Å²) >= 11 is 4.68. The van der Waals surface area contributed by atoms with Crippen LogP contribution >= 0.6 is 27.7 Å². The normalized spacial score (nSPS) is 10.7. The van der Waals surface area contributed by atoms with Crippen molar-refractivity contribution in [2.24, 2.45) is 7.05 Å². The molecule has 0 bridgehead atoms. The van der Waals surface area contributed by atoms with E-state index in [-0.39, 0.29) is 12.3 Å². The van der Waals surface area contributed by atoms with Gasteiger partial charge >= 0.3 is 0 Å². The second-order valence-electron chi connectivity index (χ2n) is 3.72. The Bertz CT molecular complexity index is 630. The zero-order valence-corrected chi connectivity index (χ0v) is 12.3. The first-order valence-corrected chi connectivity index (χ1v) is 6.87. The number of halogens is 1. The third kappa shape index (κ3) is 2.96. The van der Waals surface area contributed by atoms with Crippen LogP contribution in [0.5, 0.6) is 0 Å². The fraction of sp³-hybridized carbons (Fsp3) is 0.182. The van der Waals surface area contributed by atoms with Gasteiger partial charge in [0.2, 0.25) is 0 Å². The second-order valence-corrected chi connectivity index (χ2v) is 5.59. The number of nitro groups is 1. The standard InChI is InChI=1S/C11H10BrN3O3S/c1-14-8(6-16)5-13-11(14)19-10-3-2-7(15(17)18)4-9(10)12/h2-5,16H,6H2,1H3. The number of aliphatic hydroxyl groups excluding tert-OH is 1. The lowest BCUT2D eigenvalue weighted by atomic mass is 10.3. The molecule has 0 atom stereocenters. The summed E-state index contributed by atoms with van der Waals surface area (Å²) in [5.41, 5.74) is 0.743. The van der Waals surface area contributed by atoms with Crippen LogP contribution in [-0.4, -0.2) is 19.6 Å². The van der Waals surface area contributed by atoms with Crippen LogP contribution in [0.15, 0.2) is 38.9 Å². The molecule has 2 aromatic rings. The number of nitro benzene ring substituents is 1. The Labute approximate surface area is 121 Å². The van der Waals surface area contributed by atoms with Crippen molar-refractivity contribution < 1.29 is 10.0 Å². The molecule has 0 saturated carbocycles. The third-order valence-corrected chi connectivity index (χ3v) is 4.59. The smallest absolute Gasteiger partial charge is 0.270 e. The molecule has 0 aliphatic rings.